The first-order valence-electron chi connectivity index (χ1n) is 10.1. The average molecular weight is 428 g/mol. The molecule has 5 nitrogen and oxygen atoms in total. The first kappa shape index (κ1) is 23.0. The zero-order valence-electron chi connectivity index (χ0n) is 16.7. The van der Waals surface area contributed by atoms with Crippen LogP contribution in [-0.4, -0.2) is 54.3 Å². The van der Waals surface area contributed by atoms with Crippen LogP contribution in [0.2, 0.25) is 5.02 Å². The summed E-state index contributed by atoms with van der Waals surface area (Å²) in [6, 6.07) is 7.70. The van der Waals surface area contributed by atoms with E-state index in [1.807, 2.05) is 47.9 Å². The second-order valence-corrected chi connectivity index (χ2v) is 8.11. The normalized spacial score (nSPS) is 23.7. The fourth-order valence-electron chi connectivity index (χ4n) is 4.09. The topological polar surface area (TPSA) is 52.7 Å². The number of amides is 2. The predicted molar refractivity (Wildman–Crippen MR) is 115 cm³/mol. The lowest BCUT2D eigenvalue weighted by atomic mass is 9.93. The van der Waals surface area contributed by atoms with E-state index in [0.29, 0.717) is 24.7 Å². The van der Waals surface area contributed by atoms with Gasteiger partial charge in [-0.1, -0.05) is 43.6 Å². The highest BCUT2D eigenvalue weighted by Gasteiger charge is 2.36. The van der Waals surface area contributed by atoms with E-state index in [4.69, 9.17) is 11.6 Å². The third kappa shape index (κ3) is 5.00. The van der Waals surface area contributed by atoms with E-state index in [9.17, 15) is 9.59 Å². The van der Waals surface area contributed by atoms with E-state index >= 15 is 0 Å². The fraction of sp³-hybridized carbons (Fsp3) is 0.619. The lowest BCUT2D eigenvalue weighted by Gasteiger charge is -2.41. The molecule has 3 rings (SSSR count). The molecule has 0 aromatic heterocycles. The third-order valence-electron chi connectivity index (χ3n) is 5.91. The van der Waals surface area contributed by atoms with E-state index in [2.05, 4.69) is 5.32 Å². The van der Waals surface area contributed by atoms with Crippen molar-refractivity contribution in [3.05, 3.63) is 34.9 Å². The van der Waals surface area contributed by atoms with Gasteiger partial charge < -0.3 is 15.1 Å². The van der Waals surface area contributed by atoms with Gasteiger partial charge in [0, 0.05) is 43.7 Å². The van der Waals surface area contributed by atoms with Gasteiger partial charge in [0.25, 0.3) is 0 Å². The van der Waals surface area contributed by atoms with Crippen LogP contribution in [0.3, 0.4) is 0 Å². The fourth-order valence-corrected chi connectivity index (χ4v) is 4.35. The predicted octanol–water partition coefficient (Wildman–Crippen LogP) is 3.52. The molecule has 2 saturated heterocycles. The summed E-state index contributed by atoms with van der Waals surface area (Å²) in [5, 5.41) is 4.08. The van der Waals surface area contributed by atoms with Crippen molar-refractivity contribution in [2.45, 2.75) is 39.2 Å². The summed E-state index contributed by atoms with van der Waals surface area (Å²) in [5.41, 5.74) is 0.989. The number of halogens is 2. The lowest BCUT2D eigenvalue weighted by molar-refractivity contribution is -0.144. The van der Waals surface area contributed by atoms with E-state index in [1.165, 1.54) is 0 Å². The van der Waals surface area contributed by atoms with Crippen molar-refractivity contribution in [1.29, 1.82) is 0 Å². The number of nitrogens with one attached hydrogen (secondary N) is 1. The quantitative estimate of drug-likeness (QED) is 0.799. The Morgan fingerprint density at radius 3 is 2.75 bits per heavy atom. The summed E-state index contributed by atoms with van der Waals surface area (Å²) in [4.78, 5) is 29.8. The summed E-state index contributed by atoms with van der Waals surface area (Å²) in [6.07, 6.45) is 2.57. The van der Waals surface area contributed by atoms with Crippen molar-refractivity contribution >= 4 is 35.8 Å². The van der Waals surface area contributed by atoms with Crippen molar-refractivity contribution in [3.8, 4) is 0 Å². The lowest BCUT2D eigenvalue weighted by Crippen LogP contribution is -2.53. The smallest absolute Gasteiger partial charge is 0.228 e. The van der Waals surface area contributed by atoms with Crippen molar-refractivity contribution in [1.82, 2.24) is 15.1 Å². The second kappa shape index (κ2) is 10.5. The highest BCUT2D eigenvalue weighted by molar-refractivity contribution is 6.31. The maximum Gasteiger partial charge on any atom is 0.228 e. The molecule has 2 aliphatic heterocycles. The molecule has 156 valence electrons. The molecule has 3 atom stereocenters. The molecule has 0 bridgehead atoms. The Balaban J connectivity index is 0.00000280. The summed E-state index contributed by atoms with van der Waals surface area (Å²) in [7, 11) is 0. The maximum atomic E-state index is 13.4. The standard InChI is InChI=1S/C21H30ClN3O2.ClH/c1-3-15(2)20(26)24-11-6-7-16(14-24)21(27)25-12-10-23-13-19(25)17-8-4-5-9-18(17)22;/h4-5,8-9,15-16,19,23H,3,6-7,10-14H2,1-2H3;1H. The summed E-state index contributed by atoms with van der Waals surface area (Å²) in [6.45, 7) is 7.47. The van der Waals surface area contributed by atoms with Gasteiger partial charge in [0.1, 0.15) is 0 Å². The Morgan fingerprint density at radius 2 is 2.04 bits per heavy atom. The molecule has 28 heavy (non-hydrogen) atoms. The minimum Gasteiger partial charge on any atom is -0.342 e. The van der Waals surface area contributed by atoms with Gasteiger partial charge in [-0.25, -0.2) is 0 Å². The Hall–Kier alpha value is -1.30. The molecule has 7 heteroatoms. The molecule has 3 unspecified atom stereocenters. The Bertz CT molecular complexity index is 685. The number of hydrogen-bond acceptors (Lipinski definition) is 3. The minimum atomic E-state index is -0.116. The monoisotopic (exact) mass is 427 g/mol. The minimum absolute atomic E-state index is 0. The zero-order valence-corrected chi connectivity index (χ0v) is 18.3. The van der Waals surface area contributed by atoms with Gasteiger partial charge in [-0.15, -0.1) is 12.4 Å². The number of nitrogens with zero attached hydrogens (tertiary/aromatic N) is 2. The molecular formula is C21H31Cl2N3O2. The first-order valence-corrected chi connectivity index (χ1v) is 10.4. The molecular weight excluding hydrogens is 397 g/mol. The maximum absolute atomic E-state index is 13.4. The van der Waals surface area contributed by atoms with Crippen LogP contribution in [0.1, 0.15) is 44.7 Å². The van der Waals surface area contributed by atoms with Crippen molar-refractivity contribution < 1.29 is 9.59 Å². The van der Waals surface area contributed by atoms with Crippen molar-refractivity contribution in [2.24, 2.45) is 11.8 Å². The first-order chi connectivity index (χ1) is 13.0. The molecule has 2 fully saturated rings. The van der Waals surface area contributed by atoms with Crippen LogP contribution in [0.15, 0.2) is 24.3 Å². The molecule has 1 N–H and O–H groups in total. The summed E-state index contributed by atoms with van der Waals surface area (Å²) in [5.74, 6) is 0.241. The SMILES string of the molecule is CCC(C)C(=O)N1CCCC(C(=O)N2CCNCC2c2ccccc2Cl)C1.Cl. The molecule has 0 radical (unpaired) electrons. The van der Waals surface area contributed by atoms with Crippen LogP contribution >= 0.6 is 24.0 Å². The van der Waals surface area contributed by atoms with Gasteiger partial charge in [0.2, 0.25) is 11.8 Å². The summed E-state index contributed by atoms with van der Waals surface area (Å²) < 4.78 is 0. The highest BCUT2D eigenvalue weighted by Crippen LogP contribution is 2.31. The van der Waals surface area contributed by atoms with Gasteiger partial charge in [0.05, 0.1) is 12.0 Å². The molecule has 1 aromatic carbocycles. The van der Waals surface area contributed by atoms with Gasteiger partial charge in [-0.2, -0.15) is 0 Å². The molecule has 0 spiro atoms. The van der Waals surface area contributed by atoms with Gasteiger partial charge >= 0.3 is 0 Å². The van der Waals surface area contributed by atoms with E-state index < -0.39 is 0 Å². The largest absolute Gasteiger partial charge is 0.342 e. The van der Waals surface area contributed by atoms with Crippen molar-refractivity contribution in [2.75, 3.05) is 32.7 Å². The zero-order chi connectivity index (χ0) is 19.4. The number of hydrogen-bond donors (Lipinski definition) is 1. The highest BCUT2D eigenvalue weighted by atomic mass is 35.5. The van der Waals surface area contributed by atoms with Gasteiger partial charge in [-0.3, -0.25) is 9.59 Å². The summed E-state index contributed by atoms with van der Waals surface area (Å²) >= 11 is 6.41. The Kier molecular flexibility index (Phi) is 8.59. The van der Waals surface area contributed by atoms with E-state index in [-0.39, 0.29) is 42.1 Å². The Labute approximate surface area is 179 Å². The number of carbonyl (C=O) groups excluding carboxylic acids is 2. The molecule has 0 saturated carbocycles. The van der Waals surface area contributed by atoms with Crippen LogP contribution in [0.4, 0.5) is 0 Å². The van der Waals surface area contributed by atoms with Crippen LogP contribution in [0.5, 0.6) is 0 Å². The average Bonchev–Trinajstić information content (AvgIpc) is 2.72. The number of rotatable bonds is 4. The van der Waals surface area contributed by atoms with Gasteiger partial charge in [0.15, 0.2) is 0 Å². The van der Waals surface area contributed by atoms with Crippen molar-refractivity contribution in [3.63, 3.8) is 0 Å². The molecule has 2 aliphatic rings. The number of piperazine rings is 1. The van der Waals surface area contributed by atoms with E-state index in [0.717, 1.165) is 37.9 Å². The third-order valence-corrected chi connectivity index (χ3v) is 6.25. The van der Waals surface area contributed by atoms with Gasteiger partial charge in [-0.05, 0) is 30.9 Å². The van der Waals surface area contributed by atoms with Crippen LogP contribution in [0.25, 0.3) is 0 Å². The van der Waals surface area contributed by atoms with Crippen LogP contribution < -0.4 is 5.32 Å². The second-order valence-electron chi connectivity index (χ2n) is 7.71. The molecule has 2 heterocycles. The van der Waals surface area contributed by atoms with Crippen LogP contribution in [-0.2, 0) is 9.59 Å². The van der Waals surface area contributed by atoms with Crippen LogP contribution in [0, 0.1) is 11.8 Å². The number of carbonyl (C=O) groups is 2. The van der Waals surface area contributed by atoms with E-state index in [1.54, 1.807) is 0 Å². The molecule has 2 amide bonds. The number of benzene rings is 1. The number of likely N-dealkylation sites (tertiary alicyclic amines) is 1. The Morgan fingerprint density at radius 1 is 1.29 bits per heavy atom. The molecule has 1 aromatic rings. The number of piperidine rings is 1. The molecule has 0 aliphatic carbocycles.